The van der Waals surface area contributed by atoms with Gasteiger partial charge in [-0.1, -0.05) is 18.7 Å². The van der Waals surface area contributed by atoms with E-state index in [-0.39, 0.29) is 17.7 Å². The molecule has 1 fully saturated rings. The summed E-state index contributed by atoms with van der Waals surface area (Å²) >= 11 is 0. The van der Waals surface area contributed by atoms with Crippen molar-refractivity contribution >= 4 is 42.4 Å². The van der Waals surface area contributed by atoms with Crippen LogP contribution in [0.15, 0.2) is 75.3 Å². The van der Waals surface area contributed by atoms with Gasteiger partial charge in [0.2, 0.25) is 0 Å². The maximum absolute atomic E-state index is 14.0. The summed E-state index contributed by atoms with van der Waals surface area (Å²) in [6, 6.07) is 9.02. The molecule has 222 valence electrons. The Kier molecular flexibility index (Phi) is 11.1. The van der Waals surface area contributed by atoms with Crippen molar-refractivity contribution < 1.29 is 18.0 Å². The minimum Gasteiger partial charge on any atom is -0.398 e. The lowest BCUT2D eigenvalue weighted by atomic mass is 10.0. The van der Waals surface area contributed by atoms with Gasteiger partial charge in [0.1, 0.15) is 12.7 Å². The lowest BCUT2D eigenvalue weighted by molar-refractivity contribution is -0.138. The molecular formula is C30H35F3N8O. The number of likely N-dealkylation sites (N-methyl/N-ethyl adjacent to an activating group) is 1. The van der Waals surface area contributed by atoms with Crippen molar-refractivity contribution in [3.05, 3.63) is 82.6 Å². The number of carbonyl (C=O) groups excluding carboxylic acids is 1. The van der Waals surface area contributed by atoms with Gasteiger partial charge in [-0.3, -0.25) is 15.1 Å². The molecule has 1 saturated heterocycles. The minimum atomic E-state index is -4.60. The van der Waals surface area contributed by atoms with Crippen LogP contribution in [0.2, 0.25) is 0 Å². The molecule has 0 bridgehead atoms. The quantitative estimate of drug-likeness (QED) is 0.192. The summed E-state index contributed by atoms with van der Waals surface area (Å²) in [5, 5.41) is 9.54. The van der Waals surface area contributed by atoms with Crippen LogP contribution in [0, 0.1) is 12.3 Å². The zero-order chi connectivity index (χ0) is 30.9. The summed E-state index contributed by atoms with van der Waals surface area (Å²) < 4.78 is 42.0. The number of anilines is 1. The molecule has 2 aromatic carbocycles. The van der Waals surface area contributed by atoms with E-state index < -0.39 is 17.6 Å². The second-order valence-electron chi connectivity index (χ2n) is 10.1. The number of halogens is 3. The number of nitrogens with one attached hydrogen (secondary N) is 2. The predicted octanol–water partition coefficient (Wildman–Crippen LogP) is 5.21. The number of nitrogens with two attached hydrogens (primary N) is 1. The summed E-state index contributed by atoms with van der Waals surface area (Å²) in [6.07, 6.45) is 2.71. The van der Waals surface area contributed by atoms with Crippen LogP contribution < -0.4 is 11.1 Å². The van der Waals surface area contributed by atoms with Gasteiger partial charge in [-0.2, -0.15) is 13.2 Å². The van der Waals surface area contributed by atoms with Crippen LogP contribution >= 0.6 is 0 Å². The topological polar surface area (TPSA) is 123 Å². The first-order valence-electron chi connectivity index (χ1n) is 13.1. The van der Waals surface area contributed by atoms with Crippen LogP contribution in [0.25, 0.3) is 0 Å². The van der Waals surface area contributed by atoms with Crippen LogP contribution in [-0.4, -0.2) is 74.0 Å². The number of hydrogen-bond acceptors (Lipinski definition) is 6. The van der Waals surface area contributed by atoms with E-state index in [2.05, 4.69) is 31.8 Å². The number of allylic oxidation sites excluding steroid dienone is 2. The second-order valence-corrected chi connectivity index (χ2v) is 10.1. The summed E-state index contributed by atoms with van der Waals surface area (Å²) in [7, 11) is 3.93. The van der Waals surface area contributed by atoms with Crippen molar-refractivity contribution in [2.24, 2.45) is 20.7 Å². The van der Waals surface area contributed by atoms with E-state index >= 15 is 0 Å². The van der Waals surface area contributed by atoms with Crippen molar-refractivity contribution in [3.8, 4) is 0 Å². The molecule has 1 atom stereocenters. The molecule has 1 aliphatic heterocycles. The Morgan fingerprint density at radius 1 is 1.24 bits per heavy atom. The first-order valence-corrected chi connectivity index (χ1v) is 13.1. The number of benzene rings is 2. The highest BCUT2D eigenvalue weighted by Gasteiger charge is 2.35. The number of alkyl halides is 3. The van der Waals surface area contributed by atoms with Gasteiger partial charge in [-0.25, -0.2) is 15.0 Å². The molecule has 0 radical (unpaired) electrons. The summed E-state index contributed by atoms with van der Waals surface area (Å²) in [5.74, 6) is -0.662. The number of aryl methyl sites for hydroxylation is 1. The molecule has 42 heavy (non-hydrogen) atoms. The molecule has 9 nitrogen and oxygen atoms in total. The van der Waals surface area contributed by atoms with Gasteiger partial charge >= 0.3 is 6.18 Å². The monoisotopic (exact) mass is 580 g/mol. The summed E-state index contributed by atoms with van der Waals surface area (Å²) in [6.45, 7) is 7.12. The molecule has 2 aromatic rings. The molecule has 1 amide bonds. The molecule has 12 heteroatoms. The van der Waals surface area contributed by atoms with E-state index in [0.717, 1.165) is 24.4 Å². The van der Waals surface area contributed by atoms with E-state index in [9.17, 15) is 18.0 Å². The Hall–Kier alpha value is -4.42. The second kappa shape index (κ2) is 14.5. The third-order valence-corrected chi connectivity index (χ3v) is 6.80. The summed E-state index contributed by atoms with van der Waals surface area (Å²) in [4.78, 5) is 29.0. The molecule has 0 saturated carbocycles. The molecule has 0 aromatic heterocycles. The van der Waals surface area contributed by atoms with Crippen LogP contribution in [0.3, 0.4) is 0 Å². The molecule has 1 heterocycles. The Labute approximate surface area is 243 Å². The first-order chi connectivity index (χ1) is 19.9. The zero-order valence-electron chi connectivity index (χ0n) is 23.8. The smallest absolute Gasteiger partial charge is 0.398 e. The van der Waals surface area contributed by atoms with E-state index in [1.54, 1.807) is 18.2 Å². The largest absolute Gasteiger partial charge is 0.416 e. The van der Waals surface area contributed by atoms with Gasteiger partial charge in [-0.05, 0) is 68.9 Å². The van der Waals surface area contributed by atoms with Crippen molar-refractivity contribution in [1.29, 1.82) is 5.41 Å². The lowest BCUT2D eigenvalue weighted by Crippen LogP contribution is -2.31. The number of nitrogens with zero attached hydrogens (tertiary/aromatic N) is 5. The SMILES string of the molecule is C=C(C=NC=N)C(N)=CC=NC=Nc1cc(NC(=O)c2ccc(CN3CCC(N(C)C)C3)c(C(F)(F)F)c2)ccc1C. The number of likely N-dealkylation sites (tertiary alicyclic amines) is 1. The Morgan fingerprint density at radius 3 is 2.67 bits per heavy atom. The maximum Gasteiger partial charge on any atom is 0.416 e. The van der Waals surface area contributed by atoms with E-state index in [1.165, 1.54) is 37.0 Å². The highest BCUT2D eigenvalue weighted by molar-refractivity contribution is 6.04. The van der Waals surface area contributed by atoms with E-state index in [1.807, 2.05) is 25.9 Å². The van der Waals surface area contributed by atoms with Crippen LogP contribution in [0.5, 0.6) is 0 Å². The Morgan fingerprint density at radius 2 is 2.00 bits per heavy atom. The van der Waals surface area contributed by atoms with Crippen molar-refractivity contribution in [2.45, 2.75) is 32.1 Å². The highest BCUT2D eigenvalue weighted by Crippen LogP contribution is 2.34. The highest BCUT2D eigenvalue weighted by atomic mass is 19.4. The van der Waals surface area contributed by atoms with Gasteiger partial charge < -0.3 is 16.0 Å². The molecule has 3 rings (SSSR count). The number of carbonyl (C=O) groups is 1. The van der Waals surface area contributed by atoms with Gasteiger partial charge in [0.25, 0.3) is 5.91 Å². The van der Waals surface area contributed by atoms with Crippen molar-refractivity contribution in [2.75, 3.05) is 32.5 Å². The number of amides is 1. The lowest BCUT2D eigenvalue weighted by Gasteiger charge is -2.22. The molecule has 1 aliphatic rings. The first kappa shape index (κ1) is 32.1. The van der Waals surface area contributed by atoms with E-state index in [0.29, 0.717) is 41.8 Å². The number of aliphatic imine (C=N–C) groups is 3. The predicted molar refractivity (Wildman–Crippen MR) is 163 cm³/mol. The molecule has 0 aliphatic carbocycles. The van der Waals surface area contributed by atoms with Crippen LogP contribution in [-0.2, 0) is 12.7 Å². The molecule has 1 unspecified atom stereocenters. The summed E-state index contributed by atoms with van der Waals surface area (Å²) in [5.41, 5.74) is 7.49. The fraction of sp³-hybridized carbons (Fsp3) is 0.300. The fourth-order valence-corrected chi connectivity index (χ4v) is 4.33. The normalized spacial score (nSPS) is 16.7. The Balaban J connectivity index is 1.71. The minimum absolute atomic E-state index is 0.0921. The molecule has 0 spiro atoms. The Bertz CT molecular complexity index is 1430. The molecule has 4 N–H and O–H groups in total. The van der Waals surface area contributed by atoms with Gasteiger partial charge in [-0.15, -0.1) is 0 Å². The zero-order valence-corrected chi connectivity index (χ0v) is 23.8. The van der Waals surface area contributed by atoms with Gasteiger partial charge in [0.05, 0.1) is 11.3 Å². The van der Waals surface area contributed by atoms with Crippen molar-refractivity contribution in [1.82, 2.24) is 9.80 Å². The maximum atomic E-state index is 14.0. The average Bonchev–Trinajstić information content (AvgIpc) is 3.41. The fourth-order valence-electron chi connectivity index (χ4n) is 4.33. The van der Waals surface area contributed by atoms with Crippen molar-refractivity contribution in [3.63, 3.8) is 0 Å². The average molecular weight is 581 g/mol. The standard InChI is InChI=1S/C30H35F3N8O/c1-20-5-8-24(14-28(20)38-19-36-11-9-27(35)21(2)15-37-18-34)39-29(42)22-6-7-23(26(13-22)30(31,32)33)16-41-12-10-25(17-41)40(3)4/h5-9,11,13-15,18-19,25,34H,2,10,12,16-17,35H2,1,3-4H3,(H,39,42). The number of rotatable bonds is 11. The van der Waals surface area contributed by atoms with E-state index in [4.69, 9.17) is 11.1 Å². The number of hydrogen-bond donors (Lipinski definition) is 3. The molecular weight excluding hydrogens is 545 g/mol. The van der Waals surface area contributed by atoms with Gasteiger partial charge in [0, 0.05) is 60.6 Å². The third-order valence-electron chi connectivity index (χ3n) is 6.80. The van der Waals surface area contributed by atoms with Gasteiger partial charge in [0.15, 0.2) is 0 Å². The van der Waals surface area contributed by atoms with Crippen LogP contribution in [0.1, 0.15) is 33.5 Å². The van der Waals surface area contributed by atoms with Crippen LogP contribution in [0.4, 0.5) is 24.5 Å². The third kappa shape index (κ3) is 9.05.